The van der Waals surface area contributed by atoms with Crippen molar-refractivity contribution in [3.63, 3.8) is 0 Å². The maximum absolute atomic E-state index is 12.6. The van der Waals surface area contributed by atoms with Crippen molar-refractivity contribution in [3.05, 3.63) is 24.2 Å². The number of amides is 1. The van der Waals surface area contributed by atoms with Gasteiger partial charge in [-0.3, -0.25) is 4.79 Å². The van der Waals surface area contributed by atoms with E-state index in [2.05, 4.69) is 0 Å². The van der Waals surface area contributed by atoms with E-state index in [0.717, 1.165) is 0 Å². The zero-order valence-electron chi connectivity index (χ0n) is 10.4. The summed E-state index contributed by atoms with van der Waals surface area (Å²) in [5.41, 5.74) is 0. The van der Waals surface area contributed by atoms with E-state index in [0.29, 0.717) is 25.1 Å². The van der Waals surface area contributed by atoms with Crippen LogP contribution in [0.4, 0.5) is 13.2 Å². The van der Waals surface area contributed by atoms with Crippen molar-refractivity contribution < 1.29 is 22.4 Å². The van der Waals surface area contributed by atoms with E-state index in [1.165, 1.54) is 11.2 Å². The first-order chi connectivity index (χ1) is 8.97. The number of hydrogen-bond acceptors (Lipinski definition) is 2. The van der Waals surface area contributed by atoms with E-state index in [1.807, 2.05) is 0 Å². The molecule has 6 heteroatoms. The lowest BCUT2D eigenvalue weighted by atomic mass is 9.97. The predicted octanol–water partition coefficient (Wildman–Crippen LogP) is 3.01. The molecule has 1 fully saturated rings. The molecule has 2 heterocycles. The number of carbonyl (C=O) groups is 1. The summed E-state index contributed by atoms with van der Waals surface area (Å²) in [4.78, 5) is 13.2. The highest BCUT2D eigenvalue weighted by molar-refractivity contribution is 5.76. The molecule has 2 rings (SSSR count). The Morgan fingerprint density at radius 2 is 2.26 bits per heavy atom. The van der Waals surface area contributed by atoms with Gasteiger partial charge in [0.1, 0.15) is 5.76 Å². The average Bonchev–Trinajstić information content (AvgIpc) is 2.88. The number of hydrogen-bond donors (Lipinski definition) is 0. The lowest BCUT2D eigenvalue weighted by molar-refractivity contribution is -0.188. The first kappa shape index (κ1) is 14.0. The van der Waals surface area contributed by atoms with E-state index in [1.54, 1.807) is 12.1 Å². The number of furan rings is 1. The maximum Gasteiger partial charge on any atom is 0.393 e. The van der Waals surface area contributed by atoms with Crippen LogP contribution in [-0.4, -0.2) is 30.1 Å². The van der Waals surface area contributed by atoms with Crippen LogP contribution in [-0.2, 0) is 11.2 Å². The Hall–Kier alpha value is -1.46. The van der Waals surface area contributed by atoms with Crippen molar-refractivity contribution in [2.75, 3.05) is 13.1 Å². The smallest absolute Gasteiger partial charge is 0.393 e. The summed E-state index contributed by atoms with van der Waals surface area (Å²) in [5, 5.41) is 0. The van der Waals surface area contributed by atoms with Crippen molar-refractivity contribution in [1.82, 2.24) is 4.90 Å². The quantitative estimate of drug-likeness (QED) is 0.849. The fourth-order valence-corrected chi connectivity index (χ4v) is 2.31. The second kappa shape index (κ2) is 5.67. The molecule has 0 radical (unpaired) electrons. The molecule has 0 aromatic carbocycles. The normalized spacial score (nSPS) is 20.6. The minimum absolute atomic E-state index is 0.117. The summed E-state index contributed by atoms with van der Waals surface area (Å²) in [7, 11) is 0. The molecule has 1 aliphatic rings. The number of alkyl halides is 3. The highest BCUT2D eigenvalue weighted by Gasteiger charge is 2.42. The van der Waals surface area contributed by atoms with Crippen LogP contribution in [0.25, 0.3) is 0 Å². The van der Waals surface area contributed by atoms with Crippen LogP contribution in [0.2, 0.25) is 0 Å². The summed E-state index contributed by atoms with van der Waals surface area (Å²) in [6.07, 6.45) is -1.54. The molecule has 0 bridgehead atoms. The van der Waals surface area contributed by atoms with Gasteiger partial charge < -0.3 is 9.32 Å². The molecular formula is C13H16F3NO2. The van der Waals surface area contributed by atoms with Crippen LogP contribution in [0.5, 0.6) is 0 Å². The average molecular weight is 275 g/mol. The molecule has 106 valence electrons. The van der Waals surface area contributed by atoms with E-state index >= 15 is 0 Å². The van der Waals surface area contributed by atoms with Gasteiger partial charge in [-0.25, -0.2) is 0 Å². The first-order valence-electron chi connectivity index (χ1n) is 6.33. The molecule has 1 aliphatic heterocycles. The molecule has 0 saturated carbocycles. The molecule has 1 aromatic heterocycles. The number of piperidine rings is 1. The summed E-state index contributed by atoms with van der Waals surface area (Å²) in [6.45, 7) is 0.212. The van der Waals surface area contributed by atoms with Gasteiger partial charge in [0.2, 0.25) is 5.91 Å². The Bertz CT molecular complexity index is 414. The molecule has 1 amide bonds. The van der Waals surface area contributed by atoms with Crippen LogP contribution in [0.15, 0.2) is 22.8 Å². The highest BCUT2D eigenvalue weighted by atomic mass is 19.4. The number of rotatable bonds is 3. The summed E-state index contributed by atoms with van der Waals surface area (Å²) < 4.78 is 43.0. The third kappa shape index (κ3) is 3.75. The molecule has 0 spiro atoms. The van der Waals surface area contributed by atoms with Crippen molar-refractivity contribution in [3.8, 4) is 0 Å². The van der Waals surface area contributed by atoms with Crippen LogP contribution >= 0.6 is 0 Å². The van der Waals surface area contributed by atoms with Gasteiger partial charge in [0.25, 0.3) is 0 Å². The summed E-state index contributed by atoms with van der Waals surface area (Å²) in [6, 6.07) is 3.47. The van der Waals surface area contributed by atoms with E-state index in [9.17, 15) is 18.0 Å². The van der Waals surface area contributed by atoms with Crippen molar-refractivity contribution in [1.29, 1.82) is 0 Å². The second-order valence-electron chi connectivity index (χ2n) is 4.80. The Morgan fingerprint density at radius 3 is 2.89 bits per heavy atom. The number of likely N-dealkylation sites (tertiary alicyclic amines) is 1. The monoisotopic (exact) mass is 275 g/mol. The van der Waals surface area contributed by atoms with E-state index < -0.39 is 12.1 Å². The minimum atomic E-state index is -4.21. The summed E-state index contributed by atoms with van der Waals surface area (Å²) >= 11 is 0. The number of carbonyl (C=O) groups excluding carboxylic acids is 1. The zero-order chi connectivity index (χ0) is 13.9. The fraction of sp³-hybridized carbons (Fsp3) is 0.615. The molecule has 3 nitrogen and oxygen atoms in total. The van der Waals surface area contributed by atoms with Crippen molar-refractivity contribution >= 4 is 5.91 Å². The third-order valence-electron chi connectivity index (χ3n) is 3.40. The highest BCUT2D eigenvalue weighted by Crippen LogP contribution is 2.33. The van der Waals surface area contributed by atoms with Gasteiger partial charge in [-0.1, -0.05) is 0 Å². The van der Waals surface area contributed by atoms with Crippen LogP contribution in [0, 0.1) is 5.92 Å². The van der Waals surface area contributed by atoms with Gasteiger partial charge in [-0.2, -0.15) is 13.2 Å². The largest absolute Gasteiger partial charge is 0.469 e. The van der Waals surface area contributed by atoms with Gasteiger partial charge in [0, 0.05) is 25.9 Å². The first-order valence-corrected chi connectivity index (χ1v) is 6.33. The molecular weight excluding hydrogens is 259 g/mol. The van der Waals surface area contributed by atoms with Gasteiger partial charge >= 0.3 is 6.18 Å². The topological polar surface area (TPSA) is 33.5 Å². The second-order valence-corrected chi connectivity index (χ2v) is 4.80. The minimum Gasteiger partial charge on any atom is -0.469 e. The van der Waals surface area contributed by atoms with Crippen LogP contribution in [0.3, 0.4) is 0 Å². The lowest BCUT2D eigenvalue weighted by Gasteiger charge is -2.33. The van der Waals surface area contributed by atoms with Gasteiger partial charge in [-0.05, 0) is 25.0 Å². The SMILES string of the molecule is O=C(CCc1ccco1)N1CCCC(C(F)(F)F)C1. The molecule has 0 aliphatic carbocycles. The number of halogens is 3. The van der Waals surface area contributed by atoms with Crippen molar-refractivity contribution in [2.24, 2.45) is 5.92 Å². The van der Waals surface area contributed by atoms with E-state index in [4.69, 9.17) is 4.42 Å². The predicted molar refractivity (Wildman–Crippen MR) is 62.4 cm³/mol. The summed E-state index contributed by atoms with van der Waals surface area (Å²) in [5.74, 6) is -0.933. The Morgan fingerprint density at radius 1 is 1.47 bits per heavy atom. The maximum atomic E-state index is 12.6. The van der Waals surface area contributed by atoms with Gasteiger partial charge in [0.05, 0.1) is 12.2 Å². The lowest BCUT2D eigenvalue weighted by Crippen LogP contribution is -2.44. The third-order valence-corrected chi connectivity index (χ3v) is 3.40. The number of nitrogens with zero attached hydrogens (tertiary/aromatic N) is 1. The molecule has 1 aromatic rings. The molecule has 1 atom stereocenters. The van der Waals surface area contributed by atoms with Crippen molar-refractivity contribution in [2.45, 2.75) is 31.9 Å². The molecule has 1 unspecified atom stereocenters. The van der Waals surface area contributed by atoms with Crippen LogP contribution in [0.1, 0.15) is 25.0 Å². The zero-order valence-corrected chi connectivity index (χ0v) is 10.4. The van der Waals surface area contributed by atoms with Gasteiger partial charge in [0.15, 0.2) is 0 Å². The standard InChI is InChI=1S/C13H16F3NO2/c14-13(15,16)10-3-1-7-17(9-10)12(18)6-5-11-4-2-8-19-11/h2,4,8,10H,1,3,5-7,9H2. The van der Waals surface area contributed by atoms with Gasteiger partial charge in [-0.15, -0.1) is 0 Å². The van der Waals surface area contributed by atoms with Crippen LogP contribution < -0.4 is 0 Å². The molecule has 1 saturated heterocycles. The van der Waals surface area contributed by atoms with E-state index in [-0.39, 0.29) is 25.3 Å². The number of aryl methyl sites for hydroxylation is 1. The Labute approximate surface area is 109 Å². The molecule has 0 N–H and O–H groups in total. The Kier molecular flexibility index (Phi) is 4.17. The Balaban J connectivity index is 1.85. The fourth-order valence-electron chi connectivity index (χ4n) is 2.31. The molecule has 19 heavy (non-hydrogen) atoms.